The smallest absolute Gasteiger partial charge is 0.328 e. The minimum absolute atomic E-state index is 0.125. The highest BCUT2D eigenvalue weighted by Gasteiger charge is 2.39. The van der Waals surface area contributed by atoms with Crippen LogP contribution in [-0.4, -0.2) is 37.1 Å². The first kappa shape index (κ1) is 20.4. The maximum atomic E-state index is 13.3. The van der Waals surface area contributed by atoms with Gasteiger partial charge in [0.25, 0.3) is 0 Å². The van der Waals surface area contributed by atoms with Crippen molar-refractivity contribution in [2.75, 3.05) is 17.3 Å². The van der Waals surface area contributed by atoms with Crippen molar-refractivity contribution < 1.29 is 19.1 Å². The number of nitrogens with zero attached hydrogens (tertiary/aromatic N) is 1. The molecule has 0 bridgehead atoms. The zero-order chi connectivity index (χ0) is 21.0. The summed E-state index contributed by atoms with van der Waals surface area (Å²) in [4.78, 5) is 39.7. The minimum Gasteiger partial charge on any atom is -0.467 e. The van der Waals surface area contributed by atoms with Gasteiger partial charge in [-0.3, -0.25) is 9.69 Å². The van der Waals surface area contributed by atoms with E-state index in [9.17, 15) is 14.4 Å². The molecule has 0 unspecified atom stereocenters. The molecule has 2 atom stereocenters. The second-order valence-corrected chi connectivity index (χ2v) is 7.28. The fourth-order valence-corrected chi connectivity index (χ4v) is 3.50. The fourth-order valence-electron chi connectivity index (χ4n) is 3.50. The number of hydrogen-bond acceptors (Lipinski definition) is 4. The number of para-hydroxylation sites is 2. The summed E-state index contributed by atoms with van der Waals surface area (Å²) in [6, 6.07) is 14.4. The van der Waals surface area contributed by atoms with Crippen molar-refractivity contribution in [1.82, 2.24) is 5.32 Å². The number of esters is 1. The molecule has 0 saturated heterocycles. The third kappa shape index (κ3) is 4.39. The Labute approximate surface area is 170 Å². The number of fused-ring (bicyclic) bond motifs is 1. The molecule has 7 nitrogen and oxygen atoms in total. The Morgan fingerprint density at radius 1 is 1.10 bits per heavy atom. The number of ether oxygens (including phenoxy) is 1. The number of methoxy groups -OCH3 is 1. The van der Waals surface area contributed by atoms with Gasteiger partial charge in [0.15, 0.2) is 0 Å². The van der Waals surface area contributed by atoms with E-state index in [1.54, 1.807) is 24.3 Å². The molecular weight excluding hydrogens is 370 g/mol. The average molecular weight is 395 g/mol. The Morgan fingerprint density at radius 2 is 1.76 bits per heavy atom. The molecule has 0 aliphatic carbocycles. The second-order valence-electron chi connectivity index (χ2n) is 7.28. The van der Waals surface area contributed by atoms with Crippen molar-refractivity contribution >= 4 is 29.3 Å². The molecule has 2 aromatic rings. The largest absolute Gasteiger partial charge is 0.467 e. The number of anilines is 2. The predicted octanol–water partition coefficient (Wildman–Crippen LogP) is 2.96. The summed E-state index contributed by atoms with van der Waals surface area (Å²) in [5.74, 6) is -0.927. The molecule has 7 heteroatoms. The van der Waals surface area contributed by atoms with Gasteiger partial charge in [0.05, 0.1) is 18.5 Å². The first-order valence-corrected chi connectivity index (χ1v) is 9.53. The Hall–Kier alpha value is -3.35. The number of benzene rings is 2. The second kappa shape index (κ2) is 8.77. The number of urea groups is 1. The van der Waals surface area contributed by atoms with Crippen LogP contribution in [0, 0.1) is 5.92 Å². The molecule has 29 heavy (non-hydrogen) atoms. The molecule has 3 rings (SSSR count). The molecule has 0 fully saturated rings. The summed E-state index contributed by atoms with van der Waals surface area (Å²) in [5, 5.41) is 5.62. The van der Waals surface area contributed by atoms with Crippen molar-refractivity contribution in [3.63, 3.8) is 0 Å². The van der Waals surface area contributed by atoms with Crippen LogP contribution in [0.5, 0.6) is 0 Å². The Bertz CT molecular complexity index is 898. The SMILES string of the molecule is COC(=O)[C@@H](Cc1ccccc1)NC(=O)N1c2ccccc2NC(=O)[C@H]1C(C)C. The summed E-state index contributed by atoms with van der Waals surface area (Å²) in [7, 11) is 1.28. The van der Waals surface area contributed by atoms with E-state index in [4.69, 9.17) is 4.74 Å². The van der Waals surface area contributed by atoms with Crippen LogP contribution in [-0.2, 0) is 20.7 Å². The van der Waals surface area contributed by atoms with Gasteiger partial charge in [-0.2, -0.15) is 0 Å². The van der Waals surface area contributed by atoms with Crippen molar-refractivity contribution in [2.24, 2.45) is 5.92 Å². The van der Waals surface area contributed by atoms with Gasteiger partial charge in [0.1, 0.15) is 12.1 Å². The zero-order valence-corrected chi connectivity index (χ0v) is 16.7. The monoisotopic (exact) mass is 395 g/mol. The van der Waals surface area contributed by atoms with E-state index < -0.39 is 24.1 Å². The van der Waals surface area contributed by atoms with E-state index in [0.717, 1.165) is 5.56 Å². The third-order valence-corrected chi connectivity index (χ3v) is 4.88. The number of carbonyl (C=O) groups excluding carboxylic acids is 3. The molecule has 0 radical (unpaired) electrons. The Kier molecular flexibility index (Phi) is 6.16. The normalized spacial score (nSPS) is 16.6. The molecule has 3 amide bonds. The number of amides is 3. The van der Waals surface area contributed by atoms with E-state index in [0.29, 0.717) is 11.4 Å². The number of rotatable bonds is 5. The summed E-state index contributed by atoms with van der Waals surface area (Å²) in [6.07, 6.45) is 0.285. The van der Waals surface area contributed by atoms with E-state index in [1.165, 1.54) is 12.0 Å². The topological polar surface area (TPSA) is 87.7 Å². The first-order chi connectivity index (χ1) is 13.9. The van der Waals surface area contributed by atoms with E-state index in [-0.39, 0.29) is 18.2 Å². The third-order valence-electron chi connectivity index (χ3n) is 4.88. The van der Waals surface area contributed by atoms with Crippen molar-refractivity contribution in [2.45, 2.75) is 32.4 Å². The van der Waals surface area contributed by atoms with Gasteiger partial charge < -0.3 is 15.4 Å². The van der Waals surface area contributed by atoms with Crippen LogP contribution in [0.15, 0.2) is 54.6 Å². The summed E-state index contributed by atoms with van der Waals surface area (Å²) in [6.45, 7) is 3.75. The molecule has 2 N–H and O–H groups in total. The quantitative estimate of drug-likeness (QED) is 0.762. The Balaban J connectivity index is 1.91. The highest BCUT2D eigenvalue weighted by atomic mass is 16.5. The number of nitrogens with one attached hydrogen (secondary N) is 2. The van der Waals surface area contributed by atoms with Gasteiger partial charge in [-0.15, -0.1) is 0 Å². The fraction of sp³-hybridized carbons (Fsp3) is 0.318. The summed E-state index contributed by atoms with van der Waals surface area (Å²) >= 11 is 0. The Morgan fingerprint density at radius 3 is 2.41 bits per heavy atom. The molecular formula is C22H25N3O4. The highest BCUT2D eigenvalue weighted by molar-refractivity contribution is 6.12. The van der Waals surface area contributed by atoms with E-state index in [2.05, 4.69) is 10.6 Å². The van der Waals surface area contributed by atoms with Gasteiger partial charge >= 0.3 is 12.0 Å². The highest BCUT2D eigenvalue weighted by Crippen LogP contribution is 2.34. The molecule has 0 saturated carbocycles. The molecule has 1 aliphatic heterocycles. The first-order valence-electron chi connectivity index (χ1n) is 9.53. The van der Waals surface area contributed by atoms with Gasteiger partial charge in [-0.05, 0) is 23.6 Å². The average Bonchev–Trinajstić information content (AvgIpc) is 2.72. The lowest BCUT2D eigenvalue weighted by Gasteiger charge is -2.38. The molecule has 1 heterocycles. The lowest BCUT2D eigenvalue weighted by molar-refractivity contribution is -0.142. The zero-order valence-electron chi connectivity index (χ0n) is 16.7. The van der Waals surface area contributed by atoms with Gasteiger partial charge in [0, 0.05) is 6.42 Å². The van der Waals surface area contributed by atoms with Crippen LogP contribution in [0.3, 0.4) is 0 Å². The molecule has 1 aliphatic rings. The summed E-state index contributed by atoms with van der Waals surface area (Å²) < 4.78 is 4.89. The molecule has 152 valence electrons. The van der Waals surface area contributed by atoms with Crippen LogP contribution in [0.4, 0.5) is 16.2 Å². The standard InChI is InChI=1S/C22H25N3O4/c1-14(2)19-20(26)23-16-11-7-8-12-18(16)25(19)22(28)24-17(21(27)29-3)13-15-9-5-4-6-10-15/h4-12,14,17,19H,13H2,1-3H3,(H,23,26)(H,24,28)/t17-,19-/m1/s1. The van der Waals surface area contributed by atoms with E-state index in [1.807, 2.05) is 44.2 Å². The van der Waals surface area contributed by atoms with Crippen LogP contribution in [0.2, 0.25) is 0 Å². The van der Waals surface area contributed by atoms with Crippen LogP contribution < -0.4 is 15.5 Å². The lowest BCUT2D eigenvalue weighted by atomic mass is 9.98. The van der Waals surface area contributed by atoms with Gasteiger partial charge in [0.2, 0.25) is 5.91 Å². The molecule has 0 aromatic heterocycles. The van der Waals surface area contributed by atoms with Crippen LogP contribution in [0.1, 0.15) is 19.4 Å². The van der Waals surface area contributed by atoms with Crippen LogP contribution >= 0.6 is 0 Å². The van der Waals surface area contributed by atoms with Gasteiger partial charge in [-0.1, -0.05) is 56.3 Å². The number of carbonyl (C=O) groups is 3. The van der Waals surface area contributed by atoms with E-state index >= 15 is 0 Å². The van der Waals surface area contributed by atoms with Crippen molar-refractivity contribution in [3.05, 3.63) is 60.2 Å². The van der Waals surface area contributed by atoms with Crippen molar-refractivity contribution in [1.29, 1.82) is 0 Å². The maximum Gasteiger partial charge on any atom is 0.328 e. The maximum absolute atomic E-state index is 13.3. The van der Waals surface area contributed by atoms with Crippen LogP contribution in [0.25, 0.3) is 0 Å². The van der Waals surface area contributed by atoms with Gasteiger partial charge in [-0.25, -0.2) is 9.59 Å². The van der Waals surface area contributed by atoms with Crippen molar-refractivity contribution in [3.8, 4) is 0 Å². The predicted molar refractivity (Wildman–Crippen MR) is 111 cm³/mol. The lowest BCUT2D eigenvalue weighted by Crippen LogP contribution is -2.59. The summed E-state index contributed by atoms with van der Waals surface area (Å²) in [5.41, 5.74) is 2.04. The molecule has 0 spiro atoms. The number of hydrogen-bond donors (Lipinski definition) is 2. The minimum atomic E-state index is -0.875. The molecule has 2 aromatic carbocycles.